The second kappa shape index (κ2) is 9.53. The van der Waals surface area contributed by atoms with Crippen molar-refractivity contribution >= 4 is 29.9 Å². The minimum absolute atomic E-state index is 0. The van der Waals surface area contributed by atoms with Gasteiger partial charge in [-0.3, -0.25) is 9.59 Å². The number of anilines is 1. The first-order chi connectivity index (χ1) is 10.5. The molecule has 0 heterocycles. The molecule has 23 heavy (non-hydrogen) atoms. The summed E-state index contributed by atoms with van der Waals surface area (Å²) in [5.74, 6) is 0.360. The molecule has 1 aliphatic carbocycles. The zero-order chi connectivity index (χ0) is 15.9. The number of nitrogens with two attached hydrogens (primary N) is 1. The van der Waals surface area contributed by atoms with Crippen LogP contribution < -0.4 is 16.4 Å². The first-order valence-corrected chi connectivity index (χ1v) is 7.93. The molecular weight excluding hydrogens is 314 g/mol. The van der Waals surface area contributed by atoms with Crippen LogP contribution in [0.25, 0.3) is 0 Å². The standard InChI is InChI=1S/C17H25N3O2.ClH/c1-12(21)20-15-7-5-13(6-8-15)9-10-19-17(22)11-14-3-2-4-16(14)18;/h5-8,14,16H,2-4,9-11,18H2,1H3,(H,19,22)(H,20,21);1H/t14-,16+;/m0./s1. The molecule has 2 rings (SSSR count). The third kappa shape index (κ3) is 6.59. The summed E-state index contributed by atoms with van der Waals surface area (Å²) in [5, 5.41) is 5.69. The second-order valence-electron chi connectivity index (χ2n) is 6.04. The quantitative estimate of drug-likeness (QED) is 0.743. The Morgan fingerprint density at radius 3 is 2.48 bits per heavy atom. The predicted octanol–water partition coefficient (Wildman–Crippen LogP) is 2.24. The van der Waals surface area contributed by atoms with Crippen molar-refractivity contribution in [1.29, 1.82) is 0 Å². The Balaban J connectivity index is 0.00000264. The Labute approximate surface area is 143 Å². The summed E-state index contributed by atoms with van der Waals surface area (Å²) in [6.07, 6.45) is 4.57. The third-order valence-corrected chi connectivity index (χ3v) is 4.18. The maximum atomic E-state index is 11.9. The number of nitrogens with one attached hydrogen (secondary N) is 2. The Morgan fingerprint density at radius 1 is 1.22 bits per heavy atom. The van der Waals surface area contributed by atoms with Gasteiger partial charge in [-0.1, -0.05) is 18.6 Å². The zero-order valence-electron chi connectivity index (χ0n) is 13.5. The molecule has 0 spiro atoms. The second-order valence-corrected chi connectivity index (χ2v) is 6.04. The van der Waals surface area contributed by atoms with Crippen LogP contribution in [0.4, 0.5) is 5.69 Å². The zero-order valence-corrected chi connectivity index (χ0v) is 14.3. The lowest BCUT2D eigenvalue weighted by molar-refractivity contribution is -0.122. The van der Waals surface area contributed by atoms with Gasteiger partial charge in [-0.25, -0.2) is 0 Å². The highest BCUT2D eigenvalue weighted by Crippen LogP contribution is 2.26. The van der Waals surface area contributed by atoms with E-state index in [0.717, 1.165) is 36.9 Å². The fourth-order valence-corrected chi connectivity index (χ4v) is 2.93. The number of amides is 2. The molecular formula is C17H26ClN3O2. The van der Waals surface area contributed by atoms with Crippen molar-refractivity contribution in [3.05, 3.63) is 29.8 Å². The van der Waals surface area contributed by atoms with E-state index in [1.165, 1.54) is 6.92 Å². The lowest BCUT2D eigenvalue weighted by Gasteiger charge is -2.14. The van der Waals surface area contributed by atoms with Gasteiger partial charge in [0.2, 0.25) is 11.8 Å². The molecule has 2 amide bonds. The average Bonchev–Trinajstić information content (AvgIpc) is 2.85. The van der Waals surface area contributed by atoms with E-state index in [2.05, 4.69) is 10.6 Å². The lowest BCUT2D eigenvalue weighted by Crippen LogP contribution is -2.32. The largest absolute Gasteiger partial charge is 0.356 e. The Hall–Kier alpha value is -1.59. The number of carbonyl (C=O) groups is 2. The maximum absolute atomic E-state index is 11.9. The molecule has 0 saturated heterocycles. The lowest BCUT2D eigenvalue weighted by atomic mass is 10.00. The summed E-state index contributed by atoms with van der Waals surface area (Å²) in [5.41, 5.74) is 7.90. The van der Waals surface area contributed by atoms with E-state index < -0.39 is 0 Å². The van der Waals surface area contributed by atoms with Crippen LogP contribution >= 0.6 is 12.4 Å². The molecule has 1 saturated carbocycles. The maximum Gasteiger partial charge on any atom is 0.221 e. The first-order valence-electron chi connectivity index (χ1n) is 7.93. The third-order valence-electron chi connectivity index (χ3n) is 4.18. The van der Waals surface area contributed by atoms with Gasteiger partial charge in [0.1, 0.15) is 0 Å². The van der Waals surface area contributed by atoms with Gasteiger partial charge < -0.3 is 16.4 Å². The normalized spacial score (nSPS) is 19.7. The van der Waals surface area contributed by atoms with Crippen molar-refractivity contribution in [3.8, 4) is 0 Å². The Kier molecular flexibility index (Phi) is 8.06. The van der Waals surface area contributed by atoms with Crippen LogP contribution in [0, 0.1) is 5.92 Å². The van der Waals surface area contributed by atoms with Crippen LogP contribution in [-0.4, -0.2) is 24.4 Å². The molecule has 1 aliphatic rings. The van der Waals surface area contributed by atoms with Crippen molar-refractivity contribution in [3.63, 3.8) is 0 Å². The molecule has 0 unspecified atom stereocenters. The van der Waals surface area contributed by atoms with Crippen molar-refractivity contribution in [1.82, 2.24) is 5.32 Å². The molecule has 1 aromatic carbocycles. The molecule has 1 aromatic rings. The van der Waals surface area contributed by atoms with E-state index in [0.29, 0.717) is 18.9 Å². The summed E-state index contributed by atoms with van der Waals surface area (Å²) in [7, 11) is 0. The van der Waals surface area contributed by atoms with Crippen LogP contribution in [0.15, 0.2) is 24.3 Å². The number of hydrogen-bond acceptors (Lipinski definition) is 3. The van der Waals surface area contributed by atoms with Crippen LogP contribution in [-0.2, 0) is 16.0 Å². The van der Waals surface area contributed by atoms with Crippen LogP contribution in [0.1, 0.15) is 38.2 Å². The molecule has 5 nitrogen and oxygen atoms in total. The molecule has 0 bridgehead atoms. The number of halogens is 1. The fourth-order valence-electron chi connectivity index (χ4n) is 2.93. The van der Waals surface area contributed by atoms with Gasteiger partial charge in [-0.05, 0) is 42.9 Å². The van der Waals surface area contributed by atoms with Gasteiger partial charge >= 0.3 is 0 Å². The van der Waals surface area contributed by atoms with Gasteiger partial charge in [-0.2, -0.15) is 0 Å². The number of benzene rings is 1. The van der Waals surface area contributed by atoms with Gasteiger partial charge in [0.25, 0.3) is 0 Å². The SMILES string of the molecule is CC(=O)Nc1ccc(CCNC(=O)C[C@@H]2CCC[C@H]2N)cc1.Cl. The van der Waals surface area contributed by atoms with Gasteiger partial charge in [0, 0.05) is 31.6 Å². The average molecular weight is 340 g/mol. The van der Waals surface area contributed by atoms with E-state index in [9.17, 15) is 9.59 Å². The highest BCUT2D eigenvalue weighted by Gasteiger charge is 2.25. The molecule has 0 aromatic heterocycles. The van der Waals surface area contributed by atoms with Crippen LogP contribution in [0.5, 0.6) is 0 Å². The highest BCUT2D eigenvalue weighted by atomic mass is 35.5. The van der Waals surface area contributed by atoms with Crippen molar-refractivity contribution in [2.24, 2.45) is 11.7 Å². The van der Waals surface area contributed by atoms with Gasteiger partial charge in [0.15, 0.2) is 0 Å². The summed E-state index contributed by atoms with van der Waals surface area (Å²) >= 11 is 0. The molecule has 1 fully saturated rings. The first kappa shape index (κ1) is 19.5. The van der Waals surface area contributed by atoms with Crippen molar-refractivity contribution in [2.45, 2.75) is 45.1 Å². The minimum atomic E-state index is -0.0786. The Bertz CT molecular complexity index is 519. The van der Waals surface area contributed by atoms with Crippen molar-refractivity contribution in [2.75, 3.05) is 11.9 Å². The van der Waals surface area contributed by atoms with Crippen LogP contribution in [0.3, 0.4) is 0 Å². The minimum Gasteiger partial charge on any atom is -0.356 e. The van der Waals surface area contributed by atoms with Gasteiger partial charge in [-0.15, -0.1) is 12.4 Å². The summed E-state index contributed by atoms with van der Waals surface area (Å²) < 4.78 is 0. The van der Waals surface area contributed by atoms with E-state index >= 15 is 0 Å². The van der Waals surface area contributed by atoms with E-state index in [1.54, 1.807) is 0 Å². The topological polar surface area (TPSA) is 84.2 Å². The van der Waals surface area contributed by atoms with Gasteiger partial charge in [0.05, 0.1) is 0 Å². The number of rotatable bonds is 6. The summed E-state index contributed by atoms with van der Waals surface area (Å²) in [6.45, 7) is 2.11. The van der Waals surface area contributed by atoms with Crippen LogP contribution in [0.2, 0.25) is 0 Å². The molecule has 0 radical (unpaired) electrons. The number of carbonyl (C=O) groups excluding carboxylic acids is 2. The Morgan fingerprint density at radius 2 is 1.91 bits per heavy atom. The number of hydrogen-bond donors (Lipinski definition) is 3. The molecule has 128 valence electrons. The highest BCUT2D eigenvalue weighted by molar-refractivity contribution is 5.88. The van der Waals surface area contributed by atoms with Crippen molar-refractivity contribution < 1.29 is 9.59 Å². The molecule has 2 atom stereocenters. The van der Waals surface area contributed by atoms with E-state index in [1.807, 2.05) is 24.3 Å². The predicted molar refractivity (Wildman–Crippen MR) is 94.6 cm³/mol. The molecule has 0 aliphatic heterocycles. The molecule has 4 N–H and O–H groups in total. The smallest absolute Gasteiger partial charge is 0.221 e. The van der Waals surface area contributed by atoms with E-state index in [-0.39, 0.29) is 30.3 Å². The molecule has 6 heteroatoms. The fraction of sp³-hybridized carbons (Fsp3) is 0.529. The van der Waals surface area contributed by atoms with E-state index in [4.69, 9.17) is 5.73 Å². The summed E-state index contributed by atoms with van der Waals surface area (Å²) in [4.78, 5) is 22.8. The monoisotopic (exact) mass is 339 g/mol. The summed E-state index contributed by atoms with van der Waals surface area (Å²) in [6, 6.07) is 7.85.